The van der Waals surface area contributed by atoms with Gasteiger partial charge < -0.3 is 20.7 Å². The van der Waals surface area contributed by atoms with Gasteiger partial charge in [-0.1, -0.05) is 6.07 Å². The third-order valence-electron chi connectivity index (χ3n) is 3.40. The van der Waals surface area contributed by atoms with Crippen LogP contribution in [-0.2, 0) is 14.3 Å². The minimum Gasteiger partial charge on any atom is -0.468 e. The van der Waals surface area contributed by atoms with Gasteiger partial charge in [-0.25, -0.2) is 0 Å². The summed E-state index contributed by atoms with van der Waals surface area (Å²) in [4.78, 5) is 48.5. The van der Waals surface area contributed by atoms with Gasteiger partial charge >= 0.3 is 5.97 Å². The molecule has 0 saturated carbocycles. The van der Waals surface area contributed by atoms with Crippen molar-refractivity contribution in [1.82, 2.24) is 10.6 Å². The molecular weight excluding hydrogens is 370 g/mol. The number of anilines is 1. The van der Waals surface area contributed by atoms with Gasteiger partial charge in [0.1, 0.15) is 6.54 Å². The van der Waals surface area contributed by atoms with Crippen molar-refractivity contribution < 1.29 is 23.9 Å². The van der Waals surface area contributed by atoms with E-state index in [0.717, 1.165) is 4.88 Å². The highest BCUT2D eigenvalue weighted by Gasteiger charge is 2.12. The summed E-state index contributed by atoms with van der Waals surface area (Å²) in [6, 6.07) is 9.74. The summed E-state index contributed by atoms with van der Waals surface area (Å²) in [7, 11) is 1.23. The van der Waals surface area contributed by atoms with E-state index in [1.807, 2.05) is 13.0 Å². The summed E-state index contributed by atoms with van der Waals surface area (Å²) in [5.41, 5.74) is 0.668. The van der Waals surface area contributed by atoms with Crippen LogP contribution in [0.5, 0.6) is 0 Å². The van der Waals surface area contributed by atoms with Gasteiger partial charge in [0.15, 0.2) is 0 Å². The first kappa shape index (κ1) is 20.1. The first-order valence-electron chi connectivity index (χ1n) is 7.98. The molecule has 1 heterocycles. The van der Waals surface area contributed by atoms with Crippen molar-refractivity contribution in [1.29, 1.82) is 0 Å². The van der Waals surface area contributed by atoms with Gasteiger partial charge in [0.25, 0.3) is 11.8 Å². The highest BCUT2D eigenvalue weighted by Crippen LogP contribution is 2.14. The predicted molar refractivity (Wildman–Crippen MR) is 101 cm³/mol. The highest BCUT2D eigenvalue weighted by atomic mass is 32.1. The molecule has 0 aliphatic rings. The lowest BCUT2D eigenvalue weighted by Crippen LogP contribution is -2.32. The first-order chi connectivity index (χ1) is 12.9. The van der Waals surface area contributed by atoms with Gasteiger partial charge in [0.05, 0.1) is 18.5 Å². The second kappa shape index (κ2) is 9.48. The van der Waals surface area contributed by atoms with Gasteiger partial charge in [-0.3, -0.25) is 19.2 Å². The number of aryl methyl sites for hydroxylation is 1. The van der Waals surface area contributed by atoms with Crippen LogP contribution in [0.3, 0.4) is 0 Å². The predicted octanol–water partition coefficient (Wildman–Crippen LogP) is 1.33. The molecule has 2 rings (SSSR count). The molecule has 0 unspecified atom stereocenters. The summed E-state index contributed by atoms with van der Waals surface area (Å²) in [6.07, 6.45) is 0. The Labute approximate surface area is 159 Å². The molecule has 0 bridgehead atoms. The molecule has 8 nitrogen and oxygen atoms in total. The fraction of sp³-hybridized carbons (Fsp3) is 0.222. The van der Waals surface area contributed by atoms with Crippen molar-refractivity contribution in [3.05, 3.63) is 51.7 Å². The van der Waals surface area contributed by atoms with Crippen LogP contribution in [0.15, 0.2) is 36.4 Å². The van der Waals surface area contributed by atoms with Crippen molar-refractivity contribution in [3.8, 4) is 0 Å². The number of thiophene rings is 1. The molecule has 0 atom stereocenters. The Balaban J connectivity index is 1.87. The molecule has 9 heteroatoms. The number of methoxy groups -OCH3 is 1. The standard InChI is InChI=1S/C18H19N3O5S/c1-11-6-7-14(27-11)18(25)19-9-15(22)21-13-5-3-4-12(8-13)17(24)20-10-16(23)26-2/h3-8H,9-10H2,1-2H3,(H,19,25)(H,20,24)(H,21,22). The SMILES string of the molecule is COC(=O)CNC(=O)c1cccc(NC(=O)CNC(=O)c2ccc(C)s2)c1. The van der Waals surface area contributed by atoms with Gasteiger partial charge in [-0.05, 0) is 37.3 Å². The van der Waals surface area contributed by atoms with Crippen LogP contribution in [0.4, 0.5) is 5.69 Å². The quantitative estimate of drug-likeness (QED) is 0.618. The zero-order valence-corrected chi connectivity index (χ0v) is 15.6. The average Bonchev–Trinajstić information content (AvgIpc) is 3.10. The Hall–Kier alpha value is -3.20. The number of amides is 3. The first-order valence-corrected chi connectivity index (χ1v) is 8.80. The van der Waals surface area contributed by atoms with E-state index in [2.05, 4.69) is 20.7 Å². The molecular formula is C18H19N3O5S. The van der Waals surface area contributed by atoms with E-state index in [1.165, 1.54) is 24.5 Å². The largest absolute Gasteiger partial charge is 0.468 e. The summed E-state index contributed by atoms with van der Waals surface area (Å²) < 4.78 is 4.45. The van der Waals surface area contributed by atoms with Crippen molar-refractivity contribution in [3.63, 3.8) is 0 Å². The third-order valence-corrected chi connectivity index (χ3v) is 4.40. The van der Waals surface area contributed by atoms with E-state index in [-0.39, 0.29) is 24.6 Å². The molecule has 0 saturated heterocycles. The third kappa shape index (κ3) is 6.23. The molecule has 142 valence electrons. The Morgan fingerprint density at radius 3 is 2.41 bits per heavy atom. The number of esters is 1. The number of carbonyl (C=O) groups excluding carboxylic acids is 4. The molecule has 2 aromatic rings. The lowest BCUT2D eigenvalue weighted by Gasteiger charge is -2.08. The minimum absolute atomic E-state index is 0.200. The normalized spacial score (nSPS) is 10.0. The molecule has 3 N–H and O–H groups in total. The van der Waals surface area contributed by atoms with Crippen LogP contribution in [0.25, 0.3) is 0 Å². The number of benzene rings is 1. The fourth-order valence-electron chi connectivity index (χ4n) is 2.07. The van der Waals surface area contributed by atoms with Gasteiger partial charge in [-0.2, -0.15) is 0 Å². The number of hydrogen-bond donors (Lipinski definition) is 3. The maximum Gasteiger partial charge on any atom is 0.325 e. The van der Waals surface area contributed by atoms with Crippen LogP contribution >= 0.6 is 11.3 Å². The second-order valence-electron chi connectivity index (χ2n) is 5.48. The Kier molecular flexibility index (Phi) is 7.07. The van der Waals surface area contributed by atoms with Gasteiger partial charge in [0.2, 0.25) is 5.91 Å². The van der Waals surface area contributed by atoms with Crippen molar-refractivity contribution in [2.24, 2.45) is 0 Å². The number of hydrogen-bond acceptors (Lipinski definition) is 6. The smallest absolute Gasteiger partial charge is 0.325 e. The summed E-state index contributed by atoms with van der Waals surface area (Å²) in [5.74, 6) is -1.79. The molecule has 0 spiro atoms. The van der Waals surface area contributed by atoms with Crippen LogP contribution in [0.1, 0.15) is 24.9 Å². The van der Waals surface area contributed by atoms with Crippen molar-refractivity contribution >= 4 is 40.7 Å². The minimum atomic E-state index is -0.565. The summed E-state index contributed by atoms with van der Waals surface area (Å²) >= 11 is 1.34. The molecule has 1 aromatic carbocycles. The zero-order valence-electron chi connectivity index (χ0n) is 14.8. The molecule has 1 aromatic heterocycles. The molecule has 0 fully saturated rings. The monoisotopic (exact) mass is 389 g/mol. The Morgan fingerprint density at radius 2 is 1.74 bits per heavy atom. The Bertz CT molecular complexity index is 862. The number of nitrogens with one attached hydrogen (secondary N) is 3. The van der Waals surface area contributed by atoms with Crippen LogP contribution < -0.4 is 16.0 Å². The number of carbonyl (C=O) groups is 4. The molecule has 0 aliphatic heterocycles. The maximum atomic E-state index is 12.0. The van der Waals surface area contributed by atoms with E-state index in [1.54, 1.807) is 24.3 Å². The lowest BCUT2D eigenvalue weighted by atomic mass is 10.2. The Morgan fingerprint density at radius 1 is 1.00 bits per heavy atom. The molecule has 27 heavy (non-hydrogen) atoms. The lowest BCUT2D eigenvalue weighted by molar-refractivity contribution is -0.139. The second-order valence-corrected chi connectivity index (χ2v) is 6.77. The molecule has 0 radical (unpaired) electrons. The summed E-state index contributed by atoms with van der Waals surface area (Å²) in [6.45, 7) is 1.44. The maximum absolute atomic E-state index is 12.0. The average molecular weight is 389 g/mol. The zero-order chi connectivity index (χ0) is 19.8. The van der Waals surface area contributed by atoms with Crippen molar-refractivity contribution in [2.45, 2.75) is 6.92 Å². The summed E-state index contributed by atoms with van der Waals surface area (Å²) in [5, 5.41) is 7.55. The van der Waals surface area contributed by atoms with Gasteiger partial charge in [0, 0.05) is 16.1 Å². The van der Waals surface area contributed by atoms with Gasteiger partial charge in [-0.15, -0.1) is 11.3 Å². The van der Waals surface area contributed by atoms with E-state index in [4.69, 9.17) is 0 Å². The molecule has 3 amide bonds. The van der Waals surface area contributed by atoms with Crippen LogP contribution in [-0.4, -0.2) is 43.9 Å². The van der Waals surface area contributed by atoms with E-state index >= 15 is 0 Å². The van der Waals surface area contributed by atoms with E-state index in [0.29, 0.717) is 10.6 Å². The van der Waals surface area contributed by atoms with Crippen molar-refractivity contribution in [2.75, 3.05) is 25.5 Å². The molecule has 0 aliphatic carbocycles. The van der Waals surface area contributed by atoms with E-state index < -0.39 is 17.8 Å². The van der Waals surface area contributed by atoms with Crippen LogP contribution in [0.2, 0.25) is 0 Å². The highest BCUT2D eigenvalue weighted by molar-refractivity contribution is 7.13. The fourth-order valence-corrected chi connectivity index (χ4v) is 2.86. The van der Waals surface area contributed by atoms with Crippen LogP contribution in [0, 0.1) is 6.92 Å². The number of rotatable bonds is 7. The van der Waals surface area contributed by atoms with E-state index in [9.17, 15) is 19.2 Å². The topological polar surface area (TPSA) is 114 Å². The number of ether oxygens (including phenoxy) is 1.